The van der Waals surface area contributed by atoms with Crippen molar-refractivity contribution in [2.24, 2.45) is 0 Å². The second kappa shape index (κ2) is 9.64. The van der Waals surface area contributed by atoms with Gasteiger partial charge in [0.15, 0.2) is 0 Å². The Balaban J connectivity index is 0.000000277. The summed E-state index contributed by atoms with van der Waals surface area (Å²) in [5, 5.41) is 29.4. The SMILES string of the molecule is CC(=O)Nc1ccc([As](=O)(O)OO)cc1.O=C(O)c1cccc([N+](=O)[O-])c1. The topological polar surface area (TPSA) is 176 Å². The molecule has 0 fully saturated rings. The van der Waals surface area contributed by atoms with Crippen molar-refractivity contribution in [1.82, 2.24) is 0 Å². The number of hydrogen-bond acceptors (Lipinski definition) is 7. The molecular weight excluding hydrogens is 427 g/mol. The Kier molecular flexibility index (Phi) is 7.88. The van der Waals surface area contributed by atoms with Crippen molar-refractivity contribution in [3.63, 3.8) is 0 Å². The Labute approximate surface area is 155 Å². The van der Waals surface area contributed by atoms with Crippen LogP contribution in [0.3, 0.4) is 0 Å². The number of non-ortho nitro benzene ring substituents is 1. The first-order valence-electron chi connectivity index (χ1n) is 7.08. The van der Waals surface area contributed by atoms with Gasteiger partial charge in [0.2, 0.25) is 0 Å². The summed E-state index contributed by atoms with van der Waals surface area (Å²) in [7, 11) is 0. The number of carbonyl (C=O) groups is 2. The van der Waals surface area contributed by atoms with Crippen LogP contribution in [-0.4, -0.2) is 45.4 Å². The standard InChI is InChI=1S/C8H10AsNO5.C7H5NO4/c1-6(11)10-8-4-2-7(3-5-8)9(12,13)15-14;9-7(10)5-2-1-3-6(4-5)8(11)12/h2-5,14H,1H3,(H,10,11)(H,12,13);1-4H,(H,9,10). The van der Waals surface area contributed by atoms with E-state index in [1.54, 1.807) is 0 Å². The molecule has 2 aromatic carbocycles. The number of rotatable bonds is 5. The van der Waals surface area contributed by atoms with Gasteiger partial charge in [-0.2, -0.15) is 0 Å². The Morgan fingerprint density at radius 2 is 1.78 bits per heavy atom. The van der Waals surface area contributed by atoms with Gasteiger partial charge < -0.3 is 5.11 Å². The van der Waals surface area contributed by atoms with E-state index in [-0.39, 0.29) is 21.5 Å². The Hall–Kier alpha value is -2.98. The van der Waals surface area contributed by atoms with Crippen molar-refractivity contribution < 1.29 is 36.6 Å². The molecule has 1 amide bonds. The second-order valence-corrected chi connectivity index (χ2v) is 8.55. The summed E-state index contributed by atoms with van der Waals surface area (Å²) >= 11 is -4.76. The number of anilines is 1. The van der Waals surface area contributed by atoms with Crippen LogP contribution in [-0.2, 0) is 12.4 Å². The van der Waals surface area contributed by atoms with Crippen molar-refractivity contribution in [1.29, 1.82) is 0 Å². The third kappa shape index (κ3) is 7.04. The van der Waals surface area contributed by atoms with E-state index in [1.165, 1.54) is 49.4 Å². The summed E-state index contributed by atoms with van der Waals surface area (Å²) in [6, 6.07) is 10.4. The number of carboxylic acids is 1. The molecule has 2 aromatic rings. The maximum absolute atomic E-state index is 11.2. The van der Waals surface area contributed by atoms with Crippen LogP contribution in [0.15, 0.2) is 48.5 Å². The molecule has 27 heavy (non-hydrogen) atoms. The largest absolute Gasteiger partial charge is 0.478 e. The van der Waals surface area contributed by atoms with Gasteiger partial charge in [-0.1, -0.05) is 6.07 Å². The number of aromatic carboxylic acids is 1. The smallest absolute Gasteiger partial charge is 0.335 e. The summed E-state index contributed by atoms with van der Waals surface area (Å²) in [6.45, 7) is 1.35. The quantitative estimate of drug-likeness (QED) is 0.228. The monoisotopic (exact) mass is 442 g/mol. The molecular formula is C15H15AsN2O9. The first-order chi connectivity index (χ1) is 12.6. The predicted molar refractivity (Wildman–Crippen MR) is 92.8 cm³/mol. The summed E-state index contributed by atoms with van der Waals surface area (Å²) < 4.78 is 23.8. The summed E-state index contributed by atoms with van der Waals surface area (Å²) in [5.74, 6) is -1.41. The van der Waals surface area contributed by atoms with Crippen molar-refractivity contribution >= 4 is 41.8 Å². The zero-order valence-corrected chi connectivity index (χ0v) is 15.7. The van der Waals surface area contributed by atoms with E-state index < -0.39 is 25.1 Å². The van der Waals surface area contributed by atoms with Gasteiger partial charge in [0.1, 0.15) is 0 Å². The van der Waals surface area contributed by atoms with Crippen molar-refractivity contribution in [3.05, 3.63) is 64.2 Å². The van der Waals surface area contributed by atoms with Crippen molar-refractivity contribution in [2.45, 2.75) is 6.92 Å². The minimum absolute atomic E-state index is 0.00438. The minimum Gasteiger partial charge on any atom is -0.478 e. The molecule has 0 aliphatic carbocycles. The molecule has 0 spiro atoms. The Bertz CT molecular complexity index is 854. The zero-order valence-electron chi connectivity index (χ0n) is 13.8. The number of carboxylic acid groups (broad SMARTS) is 1. The molecule has 0 saturated heterocycles. The second-order valence-electron chi connectivity index (χ2n) is 4.94. The first kappa shape index (κ1) is 22.1. The van der Waals surface area contributed by atoms with Gasteiger partial charge >= 0.3 is 94.4 Å². The Morgan fingerprint density at radius 3 is 2.22 bits per heavy atom. The minimum atomic E-state index is -4.76. The molecule has 2 rings (SSSR count). The van der Waals surface area contributed by atoms with Crippen LogP contribution in [0, 0.1) is 10.1 Å². The normalized spacial score (nSPS) is 12.1. The first-order valence-corrected chi connectivity index (χ1v) is 10.4. The number of nitro groups is 1. The van der Waals surface area contributed by atoms with Gasteiger partial charge in [-0.05, 0) is 6.07 Å². The molecule has 144 valence electrons. The van der Waals surface area contributed by atoms with Crippen LogP contribution < -0.4 is 9.67 Å². The molecule has 0 saturated carbocycles. The van der Waals surface area contributed by atoms with Gasteiger partial charge in [-0.15, -0.1) is 0 Å². The Morgan fingerprint density at radius 1 is 1.19 bits per heavy atom. The summed E-state index contributed by atoms with van der Waals surface area (Å²) in [4.78, 5) is 30.6. The maximum atomic E-state index is 11.2. The van der Waals surface area contributed by atoms with E-state index in [1.807, 2.05) is 0 Å². The zero-order chi connectivity index (χ0) is 20.6. The number of carbonyl (C=O) groups excluding carboxylic acids is 1. The third-order valence-corrected chi connectivity index (χ3v) is 5.39. The van der Waals surface area contributed by atoms with Crippen LogP contribution in [0.5, 0.6) is 0 Å². The van der Waals surface area contributed by atoms with Crippen LogP contribution in [0.2, 0.25) is 0 Å². The average molecular weight is 442 g/mol. The van der Waals surface area contributed by atoms with E-state index in [0.29, 0.717) is 5.69 Å². The number of nitro benzene ring substituents is 1. The number of benzene rings is 2. The van der Waals surface area contributed by atoms with Crippen molar-refractivity contribution in [2.75, 3.05) is 5.32 Å². The van der Waals surface area contributed by atoms with Crippen molar-refractivity contribution in [3.8, 4) is 0 Å². The van der Waals surface area contributed by atoms with Gasteiger partial charge in [-0.25, -0.2) is 4.79 Å². The molecule has 4 N–H and O–H groups in total. The van der Waals surface area contributed by atoms with E-state index in [4.69, 9.17) is 14.5 Å². The van der Waals surface area contributed by atoms with E-state index in [0.717, 1.165) is 6.07 Å². The molecule has 0 aliphatic heterocycles. The molecule has 0 radical (unpaired) electrons. The molecule has 1 atom stereocenters. The molecule has 1 unspecified atom stereocenters. The molecule has 11 nitrogen and oxygen atoms in total. The molecule has 0 heterocycles. The number of nitrogens with zero attached hydrogens (tertiary/aromatic N) is 1. The van der Waals surface area contributed by atoms with Crippen LogP contribution in [0.4, 0.5) is 11.4 Å². The number of amides is 1. The summed E-state index contributed by atoms with van der Waals surface area (Å²) in [5.41, 5.74) is 0.207. The fourth-order valence-electron chi connectivity index (χ4n) is 1.74. The van der Waals surface area contributed by atoms with Crippen LogP contribution in [0.1, 0.15) is 17.3 Å². The summed E-state index contributed by atoms with van der Waals surface area (Å²) in [6.07, 6.45) is 0. The van der Waals surface area contributed by atoms with Crippen LogP contribution >= 0.6 is 0 Å². The predicted octanol–water partition coefficient (Wildman–Crippen LogP) is 0.996. The third-order valence-electron chi connectivity index (χ3n) is 2.93. The van der Waals surface area contributed by atoms with E-state index >= 15 is 0 Å². The fraction of sp³-hybridized carbons (Fsp3) is 0.0667. The van der Waals surface area contributed by atoms with Gasteiger partial charge in [0, 0.05) is 12.1 Å². The van der Waals surface area contributed by atoms with E-state index in [9.17, 15) is 23.4 Å². The van der Waals surface area contributed by atoms with E-state index in [2.05, 4.69) is 9.19 Å². The average Bonchev–Trinajstić information content (AvgIpc) is 2.62. The maximum Gasteiger partial charge on any atom is 0.335 e. The molecule has 12 heteroatoms. The number of hydrogen-bond donors (Lipinski definition) is 4. The van der Waals surface area contributed by atoms with Gasteiger partial charge in [0.05, 0.1) is 10.5 Å². The van der Waals surface area contributed by atoms with Crippen LogP contribution in [0.25, 0.3) is 0 Å². The molecule has 0 aliphatic rings. The number of nitrogens with one attached hydrogen (secondary N) is 1. The van der Waals surface area contributed by atoms with Gasteiger partial charge in [-0.3, -0.25) is 10.1 Å². The van der Waals surface area contributed by atoms with Gasteiger partial charge in [0.25, 0.3) is 5.69 Å². The molecule has 0 aromatic heterocycles. The molecule has 0 bridgehead atoms. The fourth-order valence-corrected chi connectivity index (χ4v) is 3.04.